The van der Waals surface area contributed by atoms with Crippen molar-refractivity contribution in [1.82, 2.24) is 10.2 Å². The van der Waals surface area contributed by atoms with E-state index in [0.717, 1.165) is 28.8 Å². The Labute approximate surface area is 136 Å². The molecule has 124 valence electrons. The molecule has 1 N–H and O–H groups in total. The van der Waals surface area contributed by atoms with Crippen LogP contribution in [0.4, 0.5) is 4.79 Å². The third-order valence-electron chi connectivity index (χ3n) is 4.05. The summed E-state index contributed by atoms with van der Waals surface area (Å²) < 4.78 is 11.6. The normalized spacial score (nSPS) is 19.1. The van der Waals surface area contributed by atoms with E-state index in [-0.39, 0.29) is 12.1 Å². The van der Waals surface area contributed by atoms with Gasteiger partial charge in [0.25, 0.3) is 0 Å². The first kappa shape index (κ1) is 15.9. The molecule has 1 saturated heterocycles. The zero-order valence-corrected chi connectivity index (χ0v) is 14.2. The van der Waals surface area contributed by atoms with E-state index in [2.05, 4.69) is 5.32 Å². The molecule has 2 heterocycles. The van der Waals surface area contributed by atoms with Crippen molar-refractivity contribution in [3.63, 3.8) is 0 Å². The Hall–Kier alpha value is -2.01. The summed E-state index contributed by atoms with van der Waals surface area (Å²) >= 11 is 0. The number of hydrogen-bond donors (Lipinski definition) is 1. The average molecular weight is 316 g/mol. The minimum Gasteiger partial charge on any atom is -0.459 e. The number of carbonyl (C=O) groups is 1. The van der Waals surface area contributed by atoms with Crippen LogP contribution in [0.5, 0.6) is 0 Å². The van der Waals surface area contributed by atoms with Crippen molar-refractivity contribution in [3.05, 3.63) is 35.6 Å². The molecular weight excluding hydrogens is 292 g/mol. The Morgan fingerprint density at radius 1 is 1.35 bits per heavy atom. The summed E-state index contributed by atoms with van der Waals surface area (Å²) in [4.78, 5) is 14.3. The molecule has 0 bridgehead atoms. The number of aryl methyl sites for hydroxylation is 1. The van der Waals surface area contributed by atoms with Gasteiger partial charge in [-0.2, -0.15) is 0 Å². The molecular formula is C18H24N2O3. The van der Waals surface area contributed by atoms with E-state index in [1.165, 1.54) is 0 Å². The highest BCUT2D eigenvalue weighted by Crippen LogP contribution is 2.33. The maximum absolute atomic E-state index is 12.6. The van der Waals surface area contributed by atoms with Crippen molar-refractivity contribution in [2.75, 3.05) is 19.6 Å². The lowest BCUT2D eigenvalue weighted by molar-refractivity contribution is 0.00941. The van der Waals surface area contributed by atoms with Gasteiger partial charge < -0.3 is 14.5 Å². The van der Waals surface area contributed by atoms with Crippen molar-refractivity contribution in [2.24, 2.45) is 0 Å². The van der Waals surface area contributed by atoms with Gasteiger partial charge >= 0.3 is 6.09 Å². The quantitative estimate of drug-likeness (QED) is 0.873. The van der Waals surface area contributed by atoms with Crippen LogP contribution in [0.2, 0.25) is 0 Å². The van der Waals surface area contributed by atoms with Gasteiger partial charge in [-0.3, -0.25) is 4.90 Å². The van der Waals surface area contributed by atoms with E-state index in [9.17, 15) is 4.79 Å². The number of piperazine rings is 1. The van der Waals surface area contributed by atoms with Crippen LogP contribution in [0.3, 0.4) is 0 Å². The fourth-order valence-corrected chi connectivity index (χ4v) is 2.99. The highest BCUT2D eigenvalue weighted by Gasteiger charge is 2.34. The fraction of sp³-hybridized carbons (Fsp3) is 0.500. The van der Waals surface area contributed by atoms with Crippen molar-refractivity contribution < 1.29 is 13.9 Å². The number of nitrogens with zero attached hydrogens (tertiary/aromatic N) is 1. The van der Waals surface area contributed by atoms with Gasteiger partial charge in [-0.25, -0.2) is 4.79 Å². The smallest absolute Gasteiger partial charge is 0.411 e. The van der Waals surface area contributed by atoms with Crippen LogP contribution in [0, 0.1) is 6.92 Å². The summed E-state index contributed by atoms with van der Waals surface area (Å²) in [5, 5.41) is 4.44. The molecule has 23 heavy (non-hydrogen) atoms. The van der Waals surface area contributed by atoms with Gasteiger partial charge in [0.15, 0.2) is 0 Å². The minimum absolute atomic E-state index is 0.147. The monoisotopic (exact) mass is 316 g/mol. The van der Waals surface area contributed by atoms with Gasteiger partial charge in [-0.15, -0.1) is 0 Å². The first-order chi connectivity index (χ1) is 10.9. The average Bonchev–Trinajstić information content (AvgIpc) is 2.83. The molecule has 3 rings (SSSR count). The number of carbonyl (C=O) groups excluding carboxylic acids is 1. The molecule has 1 aliphatic heterocycles. The Morgan fingerprint density at radius 2 is 2.09 bits per heavy atom. The van der Waals surface area contributed by atoms with Crippen LogP contribution < -0.4 is 5.32 Å². The first-order valence-electron chi connectivity index (χ1n) is 8.05. The van der Waals surface area contributed by atoms with Crippen LogP contribution in [0.25, 0.3) is 11.0 Å². The Balaban J connectivity index is 1.94. The highest BCUT2D eigenvalue weighted by atomic mass is 16.6. The van der Waals surface area contributed by atoms with E-state index < -0.39 is 5.60 Å². The number of nitrogens with one attached hydrogen (secondary N) is 1. The molecule has 1 aromatic heterocycles. The van der Waals surface area contributed by atoms with E-state index in [0.29, 0.717) is 13.1 Å². The maximum Gasteiger partial charge on any atom is 0.411 e. The summed E-state index contributed by atoms with van der Waals surface area (Å²) in [5.74, 6) is 0.837. The lowest BCUT2D eigenvalue weighted by Gasteiger charge is -2.36. The summed E-state index contributed by atoms with van der Waals surface area (Å²) in [5.41, 5.74) is 1.44. The topological polar surface area (TPSA) is 54.7 Å². The molecule has 0 saturated carbocycles. The Morgan fingerprint density at radius 3 is 2.78 bits per heavy atom. The molecule has 1 atom stereocenters. The maximum atomic E-state index is 12.6. The Bertz CT molecular complexity index is 715. The second-order valence-corrected chi connectivity index (χ2v) is 6.98. The van der Waals surface area contributed by atoms with Crippen molar-refractivity contribution in [2.45, 2.75) is 39.3 Å². The van der Waals surface area contributed by atoms with Gasteiger partial charge in [0.1, 0.15) is 23.0 Å². The molecule has 5 heteroatoms. The molecule has 1 fully saturated rings. The van der Waals surface area contributed by atoms with E-state index in [1.54, 1.807) is 4.90 Å². The van der Waals surface area contributed by atoms with Crippen molar-refractivity contribution in [3.8, 4) is 0 Å². The number of ether oxygens (including phenoxy) is 1. The van der Waals surface area contributed by atoms with Crippen LogP contribution in [0.1, 0.15) is 38.1 Å². The second kappa shape index (κ2) is 5.89. The molecule has 1 aliphatic rings. The van der Waals surface area contributed by atoms with E-state index >= 15 is 0 Å². The predicted molar refractivity (Wildman–Crippen MR) is 89.5 cm³/mol. The molecule has 5 nitrogen and oxygen atoms in total. The van der Waals surface area contributed by atoms with Gasteiger partial charge in [0, 0.05) is 30.6 Å². The van der Waals surface area contributed by atoms with Crippen molar-refractivity contribution in [1.29, 1.82) is 0 Å². The highest BCUT2D eigenvalue weighted by molar-refractivity contribution is 5.82. The van der Waals surface area contributed by atoms with E-state index in [4.69, 9.17) is 9.15 Å². The molecule has 1 aromatic carbocycles. The molecule has 1 amide bonds. The largest absolute Gasteiger partial charge is 0.459 e. The van der Waals surface area contributed by atoms with Gasteiger partial charge in [-0.05, 0) is 33.8 Å². The third-order valence-corrected chi connectivity index (χ3v) is 4.05. The minimum atomic E-state index is -0.505. The lowest BCUT2D eigenvalue weighted by Crippen LogP contribution is -2.50. The van der Waals surface area contributed by atoms with Gasteiger partial charge in [0.2, 0.25) is 0 Å². The number of rotatable bonds is 1. The third kappa shape index (κ3) is 3.20. The second-order valence-electron chi connectivity index (χ2n) is 6.98. The predicted octanol–water partition coefficient (Wildman–Crippen LogP) is 3.62. The van der Waals surface area contributed by atoms with E-state index in [1.807, 2.05) is 52.0 Å². The fourth-order valence-electron chi connectivity index (χ4n) is 2.99. The number of furan rings is 1. The van der Waals surface area contributed by atoms with Crippen molar-refractivity contribution >= 4 is 17.1 Å². The Kier molecular flexibility index (Phi) is 4.06. The number of benzene rings is 1. The summed E-state index contributed by atoms with van der Waals surface area (Å²) in [6.07, 6.45) is -0.288. The number of fused-ring (bicyclic) bond motifs is 1. The summed E-state index contributed by atoms with van der Waals surface area (Å²) in [7, 11) is 0. The molecule has 0 aliphatic carbocycles. The summed E-state index contributed by atoms with van der Waals surface area (Å²) in [6.45, 7) is 9.73. The number of amides is 1. The summed E-state index contributed by atoms with van der Waals surface area (Å²) in [6, 6.07) is 7.82. The SMILES string of the molecule is Cc1c(C2CNCCN2C(=O)OC(C)(C)C)oc2ccccc12. The number of para-hydroxylation sites is 1. The van der Waals surface area contributed by atoms with Crippen LogP contribution in [0.15, 0.2) is 28.7 Å². The standard InChI is InChI=1S/C18H24N2O3/c1-12-13-7-5-6-8-15(13)22-16(12)14-11-19-9-10-20(14)17(21)23-18(2,3)4/h5-8,14,19H,9-11H2,1-4H3. The lowest BCUT2D eigenvalue weighted by atomic mass is 10.1. The van der Waals surface area contributed by atoms with Crippen LogP contribution in [-0.4, -0.2) is 36.2 Å². The molecule has 0 spiro atoms. The first-order valence-corrected chi connectivity index (χ1v) is 8.05. The zero-order valence-electron chi connectivity index (χ0n) is 14.2. The van der Waals surface area contributed by atoms with Crippen LogP contribution in [-0.2, 0) is 4.74 Å². The van der Waals surface area contributed by atoms with Gasteiger partial charge in [-0.1, -0.05) is 18.2 Å². The molecule has 2 aromatic rings. The zero-order chi connectivity index (χ0) is 16.6. The van der Waals surface area contributed by atoms with Gasteiger partial charge in [0.05, 0.1) is 0 Å². The number of hydrogen-bond acceptors (Lipinski definition) is 4. The molecule has 0 radical (unpaired) electrons. The molecule has 1 unspecified atom stereocenters. The van der Waals surface area contributed by atoms with Crippen LogP contribution >= 0.6 is 0 Å².